The third-order valence-electron chi connectivity index (χ3n) is 7.89. The molecule has 2 aliphatic carbocycles. The van der Waals surface area contributed by atoms with Crippen molar-refractivity contribution in [2.45, 2.75) is 8.68 Å². The minimum Gasteiger partial charge on any atom is -0.316 e. The third kappa shape index (κ3) is 5.57. The van der Waals surface area contributed by atoms with Crippen LogP contribution in [-0.4, -0.2) is 47.7 Å². The number of thioether (sulfide) groups is 2. The molecule has 2 saturated heterocycles. The second kappa shape index (κ2) is 11.7. The monoisotopic (exact) mass is 596 g/mol. The number of fused-ring (bicyclic) bond motifs is 4. The third-order valence-corrected chi connectivity index (χ3v) is 12.5. The smallest absolute Gasteiger partial charge is 0.151 e. The van der Waals surface area contributed by atoms with E-state index in [1.54, 1.807) is 0 Å². The van der Waals surface area contributed by atoms with Gasteiger partial charge in [0.1, 0.15) is 0 Å². The summed E-state index contributed by atoms with van der Waals surface area (Å²) in [4.78, 5) is 9.34. The van der Waals surface area contributed by atoms with Crippen molar-refractivity contribution < 1.29 is 0 Å². The number of nitrogens with zero attached hydrogens (tertiary/aromatic N) is 2. The molecule has 0 bridgehead atoms. The number of nitrogens with one attached hydrogen (secondary N) is 2. The first-order valence-corrected chi connectivity index (χ1v) is 15.8. The van der Waals surface area contributed by atoms with Crippen molar-refractivity contribution in [3.05, 3.63) is 48.5 Å². The van der Waals surface area contributed by atoms with Crippen molar-refractivity contribution in [1.82, 2.24) is 20.6 Å². The highest BCUT2D eigenvalue weighted by Crippen LogP contribution is 2.52. The molecule has 6 atom stereocenters. The Morgan fingerprint density at radius 1 is 0.639 bits per heavy atom. The van der Waals surface area contributed by atoms with Gasteiger partial charge in [0.2, 0.25) is 0 Å². The number of rotatable bonds is 6. The molecule has 4 heterocycles. The summed E-state index contributed by atoms with van der Waals surface area (Å²) in [5.74, 6) is 8.30. The molecular weight excluding hydrogens is 567 g/mol. The van der Waals surface area contributed by atoms with Crippen molar-refractivity contribution in [2.24, 2.45) is 35.5 Å². The minimum absolute atomic E-state index is 0. The van der Waals surface area contributed by atoms with E-state index in [1.807, 2.05) is 46.2 Å². The first kappa shape index (κ1) is 27.0. The quantitative estimate of drug-likeness (QED) is 0.246. The van der Waals surface area contributed by atoms with Crippen LogP contribution in [0.2, 0.25) is 0 Å². The van der Waals surface area contributed by atoms with Gasteiger partial charge in [0, 0.05) is 11.5 Å². The van der Waals surface area contributed by atoms with Gasteiger partial charge in [0.05, 0.1) is 20.4 Å². The van der Waals surface area contributed by atoms with Crippen LogP contribution in [0.3, 0.4) is 0 Å². The van der Waals surface area contributed by atoms with Crippen molar-refractivity contribution in [3.63, 3.8) is 0 Å². The summed E-state index contributed by atoms with van der Waals surface area (Å²) in [6.07, 6.45) is 0. The molecule has 0 amide bonds. The van der Waals surface area contributed by atoms with E-state index in [2.05, 4.69) is 69.1 Å². The minimum atomic E-state index is 0. The van der Waals surface area contributed by atoms with Crippen molar-refractivity contribution in [1.29, 1.82) is 0 Å². The molecule has 0 spiro atoms. The van der Waals surface area contributed by atoms with Crippen LogP contribution in [0.15, 0.2) is 57.2 Å². The van der Waals surface area contributed by atoms with Crippen LogP contribution in [-0.2, 0) is 0 Å². The largest absolute Gasteiger partial charge is 0.316 e. The van der Waals surface area contributed by atoms with Crippen molar-refractivity contribution >= 4 is 91.4 Å². The van der Waals surface area contributed by atoms with Crippen LogP contribution < -0.4 is 10.6 Å². The van der Waals surface area contributed by atoms with Gasteiger partial charge in [-0.15, -0.1) is 47.5 Å². The van der Waals surface area contributed by atoms with Gasteiger partial charge < -0.3 is 10.6 Å². The molecule has 0 radical (unpaired) electrons. The first-order chi connectivity index (χ1) is 16.8. The molecule has 2 saturated carbocycles. The number of benzene rings is 2. The Labute approximate surface area is 241 Å². The standard InChI is InChI=1S/2C13H14N2S2.2ClH/c2*1-2-4-12-11(3-1)15-13(17-12)16-7-10-8-5-14-6-9(8)10;;/h2*1-4,8-10,14H,5-7H2;2*1H/t2*8-,9+,10?;;. The molecular formula is C26H30Cl2N4S4. The van der Waals surface area contributed by atoms with Crippen LogP contribution in [0.5, 0.6) is 0 Å². The fourth-order valence-corrected chi connectivity index (χ4v) is 10.5. The Morgan fingerprint density at radius 2 is 1.03 bits per heavy atom. The Balaban J connectivity index is 0.000000140. The average Bonchev–Trinajstić information content (AvgIpc) is 3.35. The van der Waals surface area contributed by atoms with E-state index in [0.29, 0.717) is 0 Å². The van der Waals surface area contributed by atoms with Gasteiger partial charge in [0.15, 0.2) is 8.68 Å². The normalized spacial score (nSPS) is 29.0. The highest BCUT2D eigenvalue weighted by atomic mass is 35.5. The van der Waals surface area contributed by atoms with Crippen LogP contribution in [0, 0.1) is 35.5 Å². The number of piperidine rings is 2. The Morgan fingerprint density at radius 3 is 1.42 bits per heavy atom. The molecule has 2 aromatic heterocycles. The Hall–Kier alpha value is -0.580. The molecule has 10 heteroatoms. The molecule has 8 rings (SSSR count). The van der Waals surface area contributed by atoms with Gasteiger partial charge >= 0.3 is 0 Å². The summed E-state index contributed by atoms with van der Waals surface area (Å²) < 4.78 is 5.11. The molecule has 2 unspecified atom stereocenters. The summed E-state index contributed by atoms with van der Waals surface area (Å²) in [5.41, 5.74) is 2.30. The highest BCUT2D eigenvalue weighted by molar-refractivity contribution is 8.01. The molecule has 36 heavy (non-hydrogen) atoms. The Kier molecular flexibility index (Phi) is 8.75. The molecule has 2 aromatic carbocycles. The molecule has 4 aromatic rings. The van der Waals surface area contributed by atoms with E-state index >= 15 is 0 Å². The lowest BCUT2D eigenvalue weighted by molar-refractivity contribution is 0.640. The second-order valence-electron chi connectivity index (χ2n) is 9.82. The molecule has 2 N–H and O–H groups in total. The number of thiazole rings is 2. The second-order valence-corrected chi connectivity index (χ2v) is 14.4. The van der Waals surface area contributed by atoms with Gasteiger partial charge in [-0.25, -0.2) is 9.97 Å². The zero-order valence-electron chi connectivity index (χ0n) is 19.7. The topological polar surface area (TPSA) is 49.8 Å². The summed E-state index contributed by atoms with van der Waals surface area (Å²) in [7, 11) is 0. The average molecular weight is 598 g/mol. The maximum absolute atomic E-state index is 4.67. The van der Waals surface area contributed by atoms with E-state index in [9.17, 15) is 0 Å². The van der Waals surface area contributed by atoms with Crippen LogP contribution in [0.1, 0.15) is 0 Å². The van der Waals surface area contributed by atoms with Gasteiger partial charge in [-0.3, -0.25) is 0 Å². The molecule has 2 aliphatic heterocycles. The highest BCUT2D eigenvalue weighted by Gasteiger charge is 2.53. The van der Waals surface area contributed by atoms with Gasteiger partial charge in [-0.05, 0) is 86.0 Å². The Bertz CT molecular complexity index is 1130. The van der Waals surface area contributed by atoms with Crippen LogP contribution >= 0.6 is 71.0 Å². The lowest BCUT2D eigenvalue weighted by atomic mass is 10.3. The summed E-state index contributed by atoms with van der Waals surface area (Å²) in [6, 6.07) is 16.8. The predicted molar refractivity (Wildman–Crippen MR) is 162 cm³/mol. The van der Waals surface area contributed by atoms with Gasteiger partial charge in [-0.2, -0.15) is 0 Å². The first-order valence-electron chi connectivity index (χ1n) is 12.2. The molecule has 192 valence electrons. The zero-order valence-corrected chi connectivity index (χ0v) is 24.6. The lowest BCUT2D eigenvalue weighted by Gasteiger charge is -2.01. The number of para-hydroxylation sites is 2. The van der Waals surface area contributed by atoms with Crippen molar-refractivity contribution in [3.8, 4) is 0 Å². The number of halogens is 2. The van der Waals surface area contributed by atoms with Crippen LogP contribution in [0.4, 0.5) is 0 Å². The summed E-state index contributed by atoms with van der Waals surface area (Å²) in [5, 5.41) is 6.90. The lowest BCUT2D eigenvalue weighted by Crippen LogP contribution is -2.15. The molecule has 4 aliphatic rings. The van der Waals surface area contributed by atoms with E-state index in [4.69, 9.17) is 0 Å². The predicted octanol–water partition coefficient (Wildman–Crippen LogP) is 6.55. The molecule has 4 fully saturated rings. The maximum atomic E-state index is 4.67. The zero-order chi connectivity index (χ0) is 22.5. The fraction of sp³-hybridized carbons (Fsp3) is 0.462. The maximum Gasteiger partial charge on any atom is 0.151 e. The van der Waals surface area contributed by atoms with E-state index in [0.717, 1.165) is 46.5 Å². The summed E-state index contributed by atoms with van der Waals surface area (Å²) in [6.45, 7) is 4.98. The van der Waals surface area contributed by atoms with E-state index in [1.165, 1.54) is 55.8 Å². The van der Waals surface area contributed by atoms with Gasteiger partial charge in [-0.1, -0.05) is 47.8 Å². The van der Waals surface area contributed by atoms with E-state index < -0.39 is 0 Å². The number of aromatic nitrogens is 2. The SMILES string of the molecule is Cl.Cl.c1ccc2sc(SCC3[C@H]4CNC[C@@H]34)nc2c1.c1ccc2sc(SCC3[C@H]4CNC[C@@H]34)nc2c1. The van der Waals surface area contributed by atoms with Gasteiger partial charge in [0.25, 0.3) is 0 Å². The van der Waals surface area contributed by atoms with Crippen molar-refractivity contribution in [2.75, 3.05) is 37.7 Å². The fourth-order valence-electron chi connectivity index (χ4n) is 5.75. The number of hydrogen-bond donors (Lipinski definition) is 2. The molecule has 4 nitrogen and oxygen atoms in total. The summed E-state index contributed by atoms with van der Waals surface area (Å²) >= 11 is 7.57. The van der Waals surface area contributed by atoms with E-state index in [-0.39, 0.29) is 24.8 Å². The number of hydrogen-bond acceptors (Lipinski definition) is 8. The van der Waals surface area contributed by atoms with Crippen LogP contribution in [0.25, 0.3) is 20.4 Å².